The van der Waals surface area contributed by atoms with Crippen molar-refractivity contribution in [1.29, 1.82) is 0 Å². The minimum absolute atomic E-state index is 0.209. The molecule has 2 atom stereocenters. The lowest BCUT2D eigenvalue weighted by Gasteiger charge is -2.31. The fourth-order valence-electron chi connectivity index (χ4n) is 3.45. The molecule has 2 aromatic carbocycles. The van der Waals surface area contributed by atoms with Gasteiger partial charge in [0.1, 0.15) is 22.6 Å². The van der Waals surface area contributed by atoms with Crippen LogP contribution in [-0.2, 0) is 35.1 Å². The zero-order valence-electron chi connectivity index (χ0n) is 25.6. The number of benzene rings is 2. The van der Waals surface area contributed by atoms with Gasteiger partial charge in [0, 0.05) is 11.3 Å². The van der Waals surface area contributed by atoms with Crippen LogP contribution in [0.1, 0.15) is 78.2 Å². The maximum Gasteiger partial charge on any atom is 0.408 e. The van der Waals surface area contributed by atoms with Gasteiger partial charge in [-0.2, -0.15) is 0 Å². The molecule has 0 aliphatic carbocycles. The molecule has 0 fully saturated rings. The molecule has 0 heterocycles. The molecule has 0 bridgehead atoms. The highest BCUT2D eigenvalue weighted by Gasteiger charge is 2.42. The Bertz CT molecular complexity index is 1260. The molecule has 0 saturated carbocycles. The van der Waals surface area contributed by atoms with Gasteiger partial charge in [0.25, 0.3) is 5.91 Å². The van der Waals surface area contributed by atoms with Crippen molar-refractivity contribution in [3.8, 4) is 0 Å². The van der Waals surface area contributed by atoms with Gasteiger partial charge in [-0.15, -0.1) is 0 Å². The molecule has 42 heavy (non-hydrogen) atoms. The highest BCUT2D eigenvalue weighted by atomic mass is 18.2. The normalized spacial score (nSPS) is 13.4. The number of anilines is 1. The molecule has 2 rings (SSSR count). The number of nitrogens with one attached hydrogen (secondary N) is 2. The number of esters is 2. The van der Waals surface area contributed by atoms with Crippen LogP contribution < -0.4 is 10.6 Å². The fourth-order valence-corrected chi connectivity index (χ4v) is 3.45. The average Bonchev–Trinajstić information content (AvgIpc) is 2.80. The van der Waals surface area contributed by atoms with E-state index in [9.17, 15) is 23.6 Å². The van der Waals surface area contributed by atoms with Gasteiger partial charge >= 0.3 is 18.0 Å². The minimum atomic E-state index is -1.62. The van der Waals surface area contributed by atoms with Crippen molar-refractivity contribution in [1.82, 2.24) is 5.32 Å². The Morgan fingerprint density at radius 1 is 0.762 bits per heavy atom. The molecule has 0 aliphatic rings. The predicted molar refractivity (Wildman–Crippen MR) is 154 cm³/mol. The first-order valence-electron chi connectivity index (χ1n) is 13.5. The lowest BCUT2D eigenvalue weighted by molar-refractivity contribution is -0.180. The van der Waals surface area contributed by atoms with Crippen molar-refractivity contribution in [2.45, 2.75) is 97.9 Å². The second kappa shape index (κ2) is 13.8. The zero-order valence-corrected chi connectivity index (χ0v) is 25.6. The van der Waals surface area contributed by atoms with Crippen LogP contribution in [-0.4, -0.2) is 52.9 Å². The number of halogens is 1. The van der Waals surface area contributed by atoms with E-state index in [4.69, 9.17) is 18.9 Å². The Balaban J connectivity index is 2.34. The van der Waals surface area contributed by atoms with Crippen LogP contribution in [0.15, 0.2) is 48.5 Å². The summed E-state index contributed by atoms with van der Waals surface area (Å²) in [6.45, 7) is 14.6. The second-order valence-corrected chi connectivity index (χ2v) is 12.6. The SMILES string of the molecule is CC(C)(C)OC(=O)N[C@@H](C(=O)OC(C)(C)C)[C@H](OCc1cccc(NC(=O)c2ccc([18F])cc2)c1)C(=O)OC(C)(C)C. The van der Waals surface area contributed by atoms with Gasteiger partial charge in [-0.05, 0) is 104 Å². The molecular formula is C31H41FN2O8. The fraction of sp³-hybridized carbons (Fsp3) is 0.484. The average molecular weight is 588 g/mol. The number of carbonyl (C=O) groups excluding carboxylic acids is 4. The molecule has 11 heteroatoms. The summed E-state index contributed by atoms with van der Waals surface area (Å²) in [7, 11) is 0. The van der Waals surface area contributed by atoms with Crippen LogP contribution in [0.25, 0.3) is 0 Å². The quantitative estimate of drug-likeness (QED) is 0.289. The second-order valence-electron chi connectivity index (χ2n) is 12.6. The van der Waals surface area contributed by atoms with Crippen LogP contribution in [0.2, 0.25) is 0 Å². The van der Waals surface area contributed by atoms with Gasteiger partial charge in [-0.25, -0.2) is 18.8 Å². The molecule has 0 aliphatic heterocycles. The van der Waals surface area contributed by atoms with Crippen molar-refractivity contribution >= 4 is 29.6 Å². The summed E-state index contributed by atoms with van der Waals surface area (Å²) < 4.78 is 35.5. The van der Waals surface area contributed by atoms with Gasteiger partial charge in [-0.3, -0.25) is 4.79 Å². The monoisotopic (exact) mass is 587 g/mol. The number of hydrogen-bond acceptors (Lipinski definition) is 8. The topological polar surface area (TPSA) is 129 Å². The van der Waals surface area contributed by atoms with Crippen molar-refractivity contribution in [2.75, 3.05) is 5.32 Å². The summed E-state index contributed by atoms with van der Waals surface area (Å²) in [5.41, 5.74) is -1.57. The van der Waals surface area contributed by atoms with Crippen LogP contribution in [0, 0.1) is 5.82 Å². The summed E-state index contributed by atoms with van der Waals surface area (Å²) in [6.07, 6.45) is -2.58. The van der Waals surface area contributed by atoms with E-state index in [0.717, 1.165) is 0 Å². The van der Waals surface area contributed by atoms with Gasteiger partial charge in [-0.1, -0.05) is 12.1 Å². The Kier molecular flexibility index (Phi) is 11.2. The van der Waals surface area contributed by atoms with Crippen molar-refractivity contribution in [3.05, 3.63) is 65.5 Å². The van der Waals surface area contributed by atoms with Crippen LogP contribution >= 0.6 is 0 Å². The van der Waals surface area contributed by atoms with Crippen molar-refractivity contribution < 1.29 is 42.5 Å². The highest BCUT2D eigenvalue weighted by Crippen LogP contribution is 2.20. The Morgan fingerprint density at radius 3 is 1.86 bits per heavy atom. The van der Waals surface area contributed by atoms with E-state index in [1.807, 2.05) is 0 Å². The molecule has 0 spiro atoms. The third-order valence-corrected chi connectivity index (χ3v) is 5.00. The first-order valence-corrected chi connectivity index (χ1v) is 13.5. The third-order valence-electron chi connectivity index (χ3n) is 5.00. The van der Waals surface area contributed by atoms with Gasteiger partial charge in [0.05, 0.1) is 6.61 Å². The van der Waals surface area contributed by atoms with Crippen molar-refractivity contribution in [3.63, 3.8) is 0 Å². The largest absolute Gasteiger partial charge is 0.458 e. The third kappa shape index (κ3) is 12.3. The standard InChI is InChI=1S/C31H41FN2O8/c1-29(2,3)40-26(36)23(34-28(38)42-31(7,8)9)24(27(37)41-30(4,5)6)39-18-19-11-10-12-22(17-19)33-25(35)20-13-15-21(32)16-14-20/h10-17,23-24H,18H2,1-9H3,(H,33,35)(H,34,38)/t23-,24+/m1/s1/i32-1. The summed E-state index contributed by atoms with van der Waals surface area (Å²) in [6, 6.07) is 10.1. The van der Waals surface area contributed by atoms with Gasteiger partial charge in [0.15, 0.2) is 12.1 Å². The summed E-state index contributed by atoms with van der Waals surface area (Å²) in [5.74, 6) is -2.75. The Labute approximate surface area is 246 Å². The predicted octanol–water partition coefficient (Wildman–Crippen LogP) is 5.54. The number of hydrogen-bond donors (Lipinski definition) is 2. The molecule has 0 radical (unpaired) electrons. The molecule has 0 aromatic heterocycles. The van der Waals surface area contributed by atoms with E-state index in [1.165, 1.54) is 24.3 Å². The first kappa shape index (κ1) is 34.2. The van der Waals surface area contributed by atoms with E-state index in [1.54, 1.807) is 86.6 Å². The lowest BCUT2D eigenvalue weighted by Crippen LogP contribution is -2.56. The number of rotatable bonds is 9. The number of carbonyl (C=O) groups is 4. The molecule has 0 unspecified atom stereocenters. The molecular weight excluding hydrogens is 546 g/mol. The number of alkyl carbamates (subject to hydrolysis) is 1. The molecule has 230 valence electrons. The van der Waals surface area contributed by atoms with Gasteiger partial charge < -0.3 is 29.6 Å². The van der Waals surface area contributed by atoms with E-state index >= 15 is 0 Å². The number of amides is 2. The highest BCUT2D eigenvalue weighted by molar-refractivity contribution is 6.04. The molecule has 2 N–H and O–H groups in total. The van der Waals surface area contributed by atoms with E-state index < -0.39 is 58.7 Å². The molecule has 2 aromatic rings. The molecule has 2 amide bonds. The molecule has 10 nitrogen and oxygen atoms in total. The summed E-state index contributed by atoms with van der Waals surface area (Å²) >= 11 is 0. The summed E-state index contributed by atoms with van der Waals surface area (Å²) in [4.78, 5) is 51.9. The van der Waals surface area contributed by atoms with E-state index in [2.05, 4.69) is 10.6 Å². The first-order chi connectivity index (χ1) is 19.2. The van der Waals surface area contributed by atoms with Crippen molar-refractivity contribution in [2.24, 2.45) is 0 Å². The van der Waals surface area contributed by atoms with Crippen LogP contribution in [0.4, 0.5) is 14.9 Å². The maximum atomic E-state index is 13.3. The maximum absolute atomic E-state index is 13.3. The minimum Gasteiger partial charge on any atom is -0.458 e. The van der Waals surface area contributed by atoms with Crippen LogP contribution in [0.3, 0.4) is 0 Å². The summed E-state index contributed by atoms with van der Waals surface area (Å²) in [5, 5.41) is 5.13. The Hall–Kier alpha value is -3.99. The zero-order chi connectivity index (χ0) is 31.9. The Morgan fingerprint density at radius 2 is 1.31 bits per heavy atom. The number of ether oxygens (including phenoxy) is 4. The van der Waals surface area contributed by atoms with E-state index in [0.29, 0.717) is 11.3 Å². The smallest absolute Gasteiger partial charge is 0.408 e. The van der Waals surface area contributed by atoms with Crippen LogP contribution in [0.5, 0.6) is 0 Å². The van der Waals surface area contributed by atoms with Gasteiger partial charge in [0.2, 0.25) is 0 Å². The molecule has 0 saturated heterocycles. The lowest BCUT2D eigenvalue weighted by atomic mass is 10.1. The van der Waals surface area contributed by atoms with E-state index in [-0.39, 0.29) is 12.2 Å².